The molecule has 0 aliphatic carbocycles. The first-order valence-corrected chi connectivity index (χ1v) is 11.6. The average Bonchev–Trinajstić information content (AvgIpc) is 2.33. The molecule has 0 radical (unpaired) electrons. The van der Waals surface area contributed by atoms with Crippen molar-refractivity contribution in [2.75, 3.05) is 19.6 Å². The molecule has 0 spiro atoms. The van der Waals surface area contributed by atoms with E-state index in [1.54, 1.807) is 0 Å². The summed E-state index contributed by atoms with van der Waals surface area (Å²) in [7, 11) is -1.75. The molecule has 1 heterocycles. The third-order valence-corrected chi connectivity index (χ3v) is 9.14. The highest BCUT2D eigenvalue weighted by molar-refractivity contribution is 6.74. The van der Waals surface area contributed by atoms with Gasteiger partial charge in [0.05, 0.1) is 6.10 Å². The van der Waals surface area contributed by atoms with Crippen LogP contribution in [-0.2, 0) is 9.16 Å². The molecule has 6 heteroatoms. The minimum atomic E-state index is -1.75. The zero-order valence-corrected chi connectivity index (χ0v) is 17.2. The molecule has 136 valence electrons. The fourth-order valence-corrected chi connectivity index (χ4v) is 3.73. The smallest absolute Gasteiger partial charge is 0.407 e. The minimum absolute atomic E-state index is 0.217. The second-order valence-electron chi connectivity index (χ2n) is 9.14. The topological polar surface area (TPSA) is 59.6 Å². The van der Waals surface area contributed by atoms with Gasteiger partial charge in [-0.25, -0.2) is 4.79 Å². The van der Waals surface area contributed by atoms with Crippen LogP contribution in [0.5, 0.6) is 0 Å². The molecule has 2 atom stereocenters. The Kier molecular flexibility index (Phi) is 6.70. The SMILES string of the molecule is CC(C)(C)OC(=O)NC[C@@H]1CNC[C@H](O[Si](C)(C)C(C)(C)C)C1. The first kappa shape index (κ1) is 20.5. The molecule has 1 amide bonds. The summed E-state index contributed by atoms with van der Waals surface area (Å²) >= 11 is 0. The lowest BCUT2D eigenvalue weighted by atomic mass is 9.98. The third kappa shape index (κ3) is 7.22. The lowest BCUT2D eigenvalue weighted by molar-refractivity contribution is 0.0503. The summed E-state index contributed by atoms with van der Waals surface area (Å²) in [6.45, 7) is 19.4. The maximum Gasteiger partial charge on any atom is 0.407 e. The monoisotopic (exact) mass is 344 g/mol. The van der Waals surface area contributed by atoms with Crippen molar-refractivity contribution in [1.29, 1.82) is 0 Å². The number of hydrogen-bond donors (Lipinski definition) is 2. The Balaban J connectivity index is 2.45. The average molecular weight is 345 g/mol. The molecule has 2 N–H and O–H groups in total. The minimum Gasteiger partial charge on any atom is -0.444 e. The van der Waals surface area contributed by atoms with Crippen molar-refractivity contribution in [3.05, 3.63) is 0 Å². The van der Waals surface area contributed by atoms with Crippen molar-refractivity contribution in [1.82, 2.24) is 10.6 Å². The molecule has 1 aliphatic rings. The summed E-state index contributed by atoms with van der Waals surface area (Å²) < 4.78 is 11.8. The van der Waals surface area contributed by atoms with E-state index in [9.17, 15) is 4.79 Å². The zero-order chi connectivity index (χ0) is 17.9. The first-order chi connectivity index (χ1) is 10.3. The Morgan fingerprint density at radius 3 is 2.30 bits per heavy atom. The summed E-state index contributed by atoms with van der Waals surface area (Å²) in [5.41, 5.74) is -0.455. The van der Waals surface area contributed by atoms with Crippen molar-refractivity contribution in [3.63, 3.8) is 0 Å². The number of hydrogen-bond acceptors (Lipinski definition) is 4. The molecule has 23 heavy (non-hydrogen) atoms. The molecule has 0 aromatic rings. The molecule has 1 rings (SSSR count). The summed E-state index contributed by atoms with van der Waals surface area (Å²) in [5, 5.41) is 6.53. The lowest BCUT2D eigenvalue weighted by Gasteiger charge is -2.41. The Morgan fingerprint density at radius 2 is 1.78 bits per heavy atom. The van der Waals surface area contributed by atoms with Gasteiger partial charge in [-0.3, -0.25) is 0 Å². The normalized spacial score (nSPS) is 23.5. The van der Waals surface area contributed by atoms with Crippen LogP contribution in [0.25, 0.3) is 0 Å². The van der Waals surface area contributed by atoms with Gasteiger partial charge in [0, 0.05) is 13.1 Å². The van der Waals surface area contributed by atoms with Gasteiger partial charge in [-0.1, -0.05) is 20.8 Å². The predicted molar refractivity (Wildman–Crippen MR) is 97.3 cm³/mol. The van der Waals surface area contributed by atoms with Crippen LogP contribution in [0.2, 0.25) is 18.1 Å². The van der Waals surface area contributed by atoms with Crippen molar-refractivity contribution < 1.29 is 14.0 Å². The van der Waals surface area contributed by atoms with Gasteiger partial charge in [0.1, 0.15) is 5.60 Å². The number of carbonyl (C=O) groups is 1. The molecule has 1 saturated heterocycles. The highest BCUT2D eigenvalue weighted by Crippen LogP contribution is 2.38. The van der Waals surface area contributed by atoms with Crippen LogP contribution in [-0.4, -0.2) is 45.7 Å². The van der Waals surface area contributed by atoms with Crippen molar-refractivity contribution in [2.24, 2.45) is 5.92 Å². The van der Waals surface area contributed by atoms with Gasteiger partial charge in [0.15, 0.2) is 8.32 Å². The lowest BCUT2D eigenvalue weighted by Crippen LogP contribution is -2.51. The Bertz CT molecular complexity index is 400. The van der Waals surface area contributed by atoms with Gasteiger partial charge in [0.25, 0.3) is 0 Å². The standard InChI is InChI=1S/C17H36N2O3Si/c1-16(2,3)21-15(20)19-11-13-9-14(12-18-10-13)22-23(7,8)17(4,5)6/h13-14,18H,9-12H2,1-8H3,(H,19,20)/t13-,14+/m0/s1. The van der Waals surface area contributed by atoms with Crippen molar-refractivity contribution >= 4 is 14.4 Å². The number of nitrogens with one attached hydrogen (secondary N) is 2. The van der Waals surface area contributed by atoms with E-state index < -0.39 is 13.9 Å². The van der Waals surface area contributed by atoms with Crippen LogP contribution in [0.4, 0.5) is 4.79 Å². The van der Waals surface area contributed by atoms with Crippen LogP contribution in [0, 0.1) is 5.92 Å². The molecule has 0 aromatic heterocycles. The molecule has 0 saturated carbocycles. The van der Waals surface area contributed by atoms with Crippen molar-refractivity contribution in [2.45, 2.75) is 77.8 Å². The van der Waals surface area contributed by atoms with Gasteiger partial charge >= 0.3 is 6.09 Å². The largest absolute Gasteiger partial charge is 0.444 e. The van der Waals surface area contributed by atoms with Crippen molar-refractivity contribution in [3.8, 4) is 0 Å². The maximum atomic E-state index is 11.8. The van der Waals surface area contributed by atoms with E-state index in [0.29, 0.717) is 12.5 Å². The molecule has 5 nitrogen and oxygen atoms in total. The van der Waals surface area contributed by atoms with E-state index in [1.165, 1.54) is 0 Å². The molecule has 1 fully saturated rings. The fraction of sp³-hybridized carbons (Fsp3) is 0.941. The molecule has 0 aromatic carbocycles. The van der Waals surface area contributed by atoms with Gasteiger partial charge in [-0.15, -0.1) is 0 Å². The molecule has 0 unspecified atom stereocenters. The number of ether oxygens (including phenoxy) is 1. The number of amides is 1. The predicted octanol–water partition coefficient (Wildman–Crippen LogP) is 3.51. The number of rotatable bonds is 4. The van der Waals surface area contributed by atoms with Gasteiger partial charge in [0.2, 0.25) is 0 Å². The Labute approximate surface area is 143 Å². The van der Waals surface area contributed by atoms with Gasteiger partial charge < -0.3 is 19.8 Å². The highest BCUT2D eigenvalue weighted by Gasteiger charge is 2.40. The van der Waals surface area contributed by atoms with Crippen LogP contribution < -0.4 is 10.6 Å². The zero-order valence-electron chi connectivity index (χ0n) is 16.2. The van der Waals surface area contributed by atoms with Crippen LogP contribution in [0.3, 0.4) is 0 Å². The van der Waals surface area contributed by atoms with Gasteiger partial charge in [-0.2, -0.15) is 0 Å². The Morgan fingerprint density at radius 1 is 1.17 bits per heavy atom. The quantitative estimate of drug-likeness (QED) is 0.766. The van der Waals surface area contributed by atoms with Crippen LogP contribution >= 0.6 is 0 Å². The fourth-order valence-electron chi connectivity index (χ4n) is 2.37. The second-order valence-corrected chi connectivity index (χ2v) is 13.9. The van der Waals surface area contributed by atoms with E-state index in [0.717, 1.165) is 19.5 Å². The number of alkyl carbamates (subject to hydrolysis) is 1. The maximum absolute atomic E-state index is 11.8. The van der Waals surface area contributed by atoms with Crippen LogP contribution in [0.15, 0.2) is 0 Å². The molecule has 1 aliphatic heterocycles. The summed E-state index contributed by atoms with van der Waals surface area (Å²) in [4.78, 5) is 11.8. The van der Waals surface area contributed by atoms with E-state index in [4.69, 9.17) is 9.16 Å². The third-order valence-electron chi connectivity index (χ3n) is 4.60. The first-order valence-electron chi connectivity index (χ1n) is 8.65. The molecule has 0 bridgehead atoms. The number of piperidine rings is 1. The van der Waals surface area contributed by atoms with E-state index >= 15 is 0 Å². The second kappa shape index (κ2) is 7.53. The van der Waals surface area contributed by atoms with E-state index in [1.807, 2.05) is 20.8 Å². The van der Waals surface area contributed by atoms with E-state index in [2.05, 4.69) is 44.5 Å². The van der Waals surface area contributed by atoms with E-state index in [-0.39, 0.29) is 17.2 Å². The van der Waals surface area contributed by atoms with Gasteiger partial charge in [-0.05, 0) is 57.8 Å². The summed E-state index contributed by atoms with van der Waals surface area (Å²) in [6, 6.07) is 0. The summed E-state index contributed by atoms with van der Waals surface area (Å²) in [5.74, 6) is 0.381. The molecular weight excluding hydrogens is 308 g/mol. The summed E-state index contributed by atoms with van der Waals surface area (Å²) in [6.07, 6.45) is 0.870. The van der Waals surface area contributed by atoms with Crippen LogP contribution in [0.1, 0.15) is 48.0 Å². The molecular formula is C17H36N2O3Si. The Hall–Kier alpha value is -0.593. The number of carbonyl (C=O) groups excluding carboxylic acids is 1. The highest BCUT2D eigenvalue weighted by atomic mass is 28.4.